The zero-order valence-electron chi connectivity index (χ0n) is 14.3. The Kier molecular flexibility index (Phi) is 6.98. The van der Waals surface area contributed by atoms with E-state index >= 15 is 0 Å². The first-order chi connectivity index (χ1) is 12.0. The summed E-state index contributed by atoms with van der Waals surface area (Å²) in [5.74, 6) is -0.356. The molecule has 2 aromatic carbocycles. The molecule has 0 fully saturated rings. The molecule has 0 heterocycles. The van der Waals surface area contributed by atoms with Gasteiger partial charge in [0.05, 0.1) is 0 Å². The lowest BCUT2D eigenvalue weighted by atomic mass is 10.0. The van der Waals surface area contributed by atoms with E-state index in [0.717, 1.165) is 11.1 Å². The quantitative estimate of drug-likeness (QED) is 0.740. The van der Waals surface area contributed by atoms with Gasteiger partial charge in [-0.05, 0) is 26.0 Å². The molecule has 3 amide bonds. The van der Waals surface area contributed by atoms with Gasteiger partial charge in [-0.1, -0.05) is 54.1 Å². The van der Waals surface area contributed by atoms with E-state index in [9.17, 15) is 9.59 Å². The lowest BCUT2D eigenvalue weighted by Crippen LogP contribution is -2.88. The molecule has 0 unspecified atom stereocenters. The van der Waals surface area contributed by atoms with Gasteiger partial charge in [-0.15, -0.1) is 0 Å². The van der Waals surface area contributed by atoms with Crippen molar-refractivity contribution in [2.24, 2.45) is 0 Å². The summed E-state index contributed by atoms with van der Waals surface area (Å²) in [5.41, 5.74) is 1.84. The minimum absolute atomic E-state index is 0.0103. The van der Waals surface area contributed by atoms with Crippen LogP contribution in [0.4, 0.5) is 4.79 Å². The fraction of sp³-hybridized carbons (Fsp3) is 0.263. The summed E-state index contributed by atoms with van der Waals surface area (Å²) in [5, 5.41) is 7.55. The van der Waals surface area contributed by atoms with Crippen LogP contribution < -0.4 is 16.0 Å². The topological polar surface area (TPSA) is 74.8 Å². The second-order valence-corrected chi connectivity index (χ2v) is 6.21. The predicted octanol–water partition coefficient (Wildman–Crippen LogP) is 2.55. The smallest absolute Gasteiger partial charge is 0.321 e. The molecule has 4 N–H and O–H groups in total. The highest BCUT2D eigenvalue weighted by Gasteiger charge is 2.28. The standard InChI is InChI=1S/C19H22ClN3O2/c1-3-21-19(25)23-18(24)17(14-8-5-4-6-9-14)22-13(2)15-10-7-11-16(20)12-15/h4-13,17,22H,3H2,1-2H3,(H2,21,23,24,25)/p+1/t13-,17+/m1/s1. The van der Waals surface area contributed by atoms with E-state index in [1.807, 2.05) is 66.8 Å². The van der Waals surface area contributed by atoms with Crippen LogP contribution in [0.1, 0.15) is 37.1 Å². The zero-order chi connectivity index (χ0) is 18.2. The molecule has 2 atom stereocenters. The van der Waals surface area contributed by atoms with E-state index in [1.54, 1.807) is 6.92 Å². The fourth-order valence-electron chi connectivity index (χ4n) is 2.59. The predicted molar refractivity (Wildman–Crippen MR) is 98.2 cm³/mol. The van der Waals surface area contributed by atoms with Crippen molar-refractivity contribution in [3.63, 3.8) is 0 Å². The van der Waals surface area contributed by atoms with Crippen LogP contribution in [-0.4, -0.2) is 18.5 Å². The van der Waals surface area contributed by atoms with Crippen molar-refractivity contribution < 1.29 is 14.9 Å². The number of rotatable bonds is 6. The van der Waals surface area contributed by atoms with Gasteiger partial charge in [0, 0.05) is 22.7 Å². The van der Waals surface area contributed by atoms with Crippen molar-refractivity contribution in [1.29, 1.82) is 0 Å². The Labute approximate surface area is 152 Å². The summed E-state index contributed by atoms with van der Waals surface area (Å²) in [6, 6.07) is 15.9. The average Bonchev–Trinajstić information content (AvgIpc) is 2.60. The number of hydrogen-bond donors (Lipinski definition) is 3. The van der Waals surface area contributed by atoms with Crippen LogP contribution >= 0.6 is 11.6 Å². The molecule has 0 aliphatic carbocycles. The molecule has 132 valence electrons. The number of benzene rings is 2. The number of halogens is 1. The van der Waals surface area contributed by atoms with E-state index < -0.39 is 12.1 Å². The maximum atomic E-state index is 12.6. The molecule has 2 rings (SSSR count). The molecule has 5 nitrogen and oxygen atoms in total. The van der Waals surface area contributed by atoms with Crippen molar-refractivity contribution in [2.75, 3.05) is 6.54 Å². The lowest BCUT2D eigenvalue weighted by Gasteiger charge is -2.20. The largest absolute Gasteiger partial charge is 0.338 e. The maximum Gasteiger partial charge on any atom is 0.321 e. The maximum absolute atomic E-state index is 12.6. The Hall–Kier alpha value is -2.37. The van der Waals surface area contributed by atoms with Crippen molar-refractivity contribution in [3.05, 3.63) is 70.7 Å². The van der Waals surface area contributed by atoms with Crippen molar-refractivity contribution >= 4 is 23.5 Å². The summed E-state index contributed by atoms with van der Waals surface area (Å²) < 4.78 is 0. The molecular formula is C19H23ClN3O2+. The first-order valence-electron chi connectivity index (χ1n) is 8.25. The van der Waals surface area contributed by atoms with Crippen LogP contribution in [0.3, 0.4) is 0 Å². The Bertz CT molecular complexity index is 722. The molecule has 0 saturated heterocycles. The lowest BCUT2D eigenvalue weighted by molar-refractivity contribution is -0.719. The number of carbonyl (C=O) groups excluding carboxylic acids is 2. The van der Waals surface area contributed by atoms with Crippen LogP contribution in [0.5, 0.6) is 0 Å². The van der Waals surface area contributed by atoms with Gasteiger partial charge in [0.15, 0.2) is 6.04 Å². The molecule has 6 heteroatoms. The monoisotopic (exact) mass is 360 g/mol. The summed E-state index contributed by atoms with van der Waals surface area (Å²) >= 11 is 6.06. The first kappa shape index (κ1) is 19.0. The number of carbonyl (C=O) groups is 2. The van der Waals surface area contributed by atoms with Crippen molar-refractivity contribution in [2.45, 2.75) is 25.9 Å². The molecule has 25 heavy (non-hydrogen) atoms. The number of urea groups is 1. The van der Waals surface area contributed by atoms with Crippen molar-refractivity contribution in [1.82, 2.24) is 10.6 Å². The Morgan fingerprint density at radius 1 is 1.08 bits per heavy atom. The number of nitrogens with one attached hydrogen (secondary N) is 2. The van der Waals surface area contributed by atoms with Crippen LogP contribution in [0.2, 0.25) is 5.02 Å². The Morgan fingerprint density at radius 2 is 1.76 bits per heavy atom. The molecule has 0 aliphatic rings. The third-order valence-electron chi connectivity index (χ3n) is 3.87. The van der Waals surface area contributed by atoms with Gasteiger partial charge >= 0.3 is 6.03 Å². The minimum atomic E-state index is -0.544. The Morgan fingerprint density at radius 3 is 2.40 bits per heavy atom. The van der Waals surface area contributed by atoms with E-state index in [-0.39, 0.29) is 11.9 Å². The van der Waals surface area contributed by atoms with Gasteiger partial charge in [0.25, 0.3) is 5.91 Å². The van der Waals surface area contributed by atoms with E-state index in [2.05, 4.69) is 10.6 Å². The Balaban J connectivity index is 2.20. The fourth-order valence-corrected chi connectivity index (χ4v) is 2.79. The van der Waals surface area contributed by atoms with Gasteiger partial charge in [0.1, 0.15) is 6.04 Å². The molecule has 0 radical (unpaired) electrons. The third kappa shape index (κ3) is 5.59. The SMILES string of the molecule is CCNC(=O)NC(=O)[C@@H]([NH2+][C@H](C)c1cccc(Cl)c1)c1ccccc1. The third-order valence-corrected chi connectivity index (χ3v) is 4.11. The van der Waals surface area contributed by atoms with Gasteiger partial charge in [-0.2, -0.15) is 0 Å². The van der Waals surface area contributed by atoms with Gasteiger partial charge in [-0.25, -0.2) is 4.79 Å². The molecular weight excluding hydrogens is 338 g/mol. The summed E-state index contributed by atoms with van der Waals surface area (Å²) in [6.45, 7) is 4.25. The number of imide groups is 1. The average molecular weight is 361 g/mol. The van der Waals surface area contributed by atoms with E-state index in [0.29, 0.717) is 11.6 Å². The zero-order valence-corrected chi connectivity index (χ0v) is 15.1. The number of amides is 3. The molecule has 0 aromatic heterocycles. The molecule has 2 aromatic rings. The van der Waals surface area contributed by atoms with Crippen LogP contribution in [0.25, 0.3) is 0 Å². The van der Waals surface area contributed by atoms with Crippen LogP contribution in [0.15, 0.2) is 54.6 Å². The van der Waals surface area contributed by atoms with Gasteiger partial charge < -0.3 is 10.6 Å². The highest BCUT2D eigenvalue weighted by Crippen LogP contribution is 2.17. The first-order valence-corrected chi connectivity index (χ1v) is 8.63. The normalized spacial score (nSPS) is 12.9. The number of nitrogens with two attached hydrogens (primary N) is 1. The summed E-state index contributed by atoms with van der Waals surface area (Å²) in [4.78, 5) is 24.3. The molecule has 0 aliphatic heterocycles. The molecule has 0 saturated carbocycles. The second-order valence-electron chi connectivity index (χ2n) is 5.77. The second kappa shape index (κ2) is 9.20. The highest BCUT2D eigenvalue weighted by molar-refractivity contribution is 6.30. The number of hydrogen-bond acceptors (Lipinski definition) is 2. The highest BCUT2D eigenvalue weighted by atomic mass is 35.5. The van der Waals surface area contributed by atoms with Gasteiger partial charge in [-0.3, -0.25) is 10.1 Å². The van der Waals surface area contributed by atoms with Crippen LogP contribution in [0, 0.1) is 0 Å². The minimum Gasteiger partial charge on any atom is -0.338 e. The van der Waals surface area contributed by atoms with E-state index in [1.165, 1.54) is 0 Å². The summed E-state index contributed by atoms with van der Waals surface area (Å²) in [7, 11) is 0. The van der Waals surface area contributed by atoms with Crippen molar-refractivity contribution in [3.8, 4) is 0 Å². The summed E-state index contributed by atoms with van der Waals surface area (Å²) in [6.07, 6.45) is 0. The molecule has 0 bridgehead atoms. The molecule has 0 spiro atoms. The number of quaternary nitrogens is 1. The van der Waals surface area contributed by atoms with Gasteiger partial charge in [0.2, 0.25) is 0 Å². The van der Waals surface area contributed by atoms with Crippen LogP contribution in [-0.2, 0) is 4.79 Å². The van der Waals surface area contributed by atoms with E-state index in [4.69, 9.17) is 11.6 Å².